The number of esters is 1. The molecule has 0 aliphatic carbocycles. The van der Waals surface area contributed by atoms with E-state index in [2.05, 4.69) is 62.8 Å². The summed E-state index contributed by atoms with van der Waals surface area (Å²) in [7, 11) is 0. The Bertz CT molecular complexity index is 874. The van der Waals surface area contributed by atoms with Crippen LogP contribution in [0.1, 0.15) is 84.5 Å². The summed E-state index contributed by atoms with van der Waals surface area (Å²) < 4.78 is 25.8. The first kappa shape index (κ1) is 39.0. The molecule has 0 aliphatic heterocycles. The molecule has 0 aromatic heterocycles. The predicted octanol–water partition coefficient (Wildman–Crippen LogP) is 5.82. The number of nitrogens with one attached hydrogen (secondary N) is 1. The van der Waals surface area contributed by atoms with Crippen LogP contribution < -0.4 is 19.5 Å². The van der Waals surface area contributed by atoms with Gasteiger partial charge in [-0.3, -0.25) is 9.59 Å². The van der Waals surface area contributed by atoms with Crippen LogP contribution in [0.25, 0.3) is 0 Å². The van der Waals surface area contributed by atoms with Crippen molar-refractivity contribution in [3.63, 3.8) is 0 Å². The number of benzene rings is 1. The lowest BCUT2D eigenvalue weighted by Gasteiger charge is -2.36. The third kappa shape index (κ3) is 13.2. The van der Waals surface area contributed by atoms with Gasteiger partial charge in [0.1, 0.15) is 26.3 Å². The van der Waals surface area contributed by atoms with Gasteiger partial charge in [0.05, 0.1) is 52.5 Å². The molecule has 248 valence electrons. The molecule has 0 saturated heterocycles. The van der Waals surface area contributed by atoms with Crippen molar-refractivity contribution in [1.29, 1.82) is 0 Å². The van der Waals surface area contributed by atoms with Crippen molar-refractivity contribution in [2.75, 3.05) is 90.7 Å². The Hall–Kier alpha value is -2.04. The van der Waals surface area contributed by atoms with Crippen molar-refractivity contribution >= 4 is 27.8 Å². The van der Waals surface area contributed by atoms with Gasteiger partial charge in [0, 0.05) is 23.9 Å². The second kappa shape index (κ2) is 21.6. The normalized spacial score (nSPS) is 11.7. The number of nitrogens with zero attached hydrogens (tertiary/aromatic N) is 2. The Morgan fingerprint density at radius 2 is 1.23 bits per heavy atom. The van der Waals surface area contributed by atoms with Crippen LogP contribution in [-0.4, -0.2) is 112 Å². The summed E-state index contributed by atoms with van der Waals surface area (Å²) >= 11 is 3.47. The van der Waals surface area contributed by atoms with Crippen LogP contribution in [0.4, 0.5) is 0 Å². The van der Waals surface area contributed by atoms with Gasteiger partial charge in [-0.2, -0.15) is 0 Å². The molecule has 1 rings (SSSR count). The Balaban J connectivity index is 3.17. The molecule has 0 fully saturated rings. The summed E-state index contributed by atoms with van der Waals surface area (Å²) in [6.45, 7) is 25.4. The van der Waals surface area contributed by atoms with E-state index in [1.807, 2.05) is 6.92 Å². The van der Waals surface area contributed by atoms with Crippen LogP contribution in [0.5, 0.6) is 17.2 Å². The zero-order valence-electron chi connectivity index (χ0n) is 28.1. The number of quaternary nitrogens is 2. The first-order chi connectivity index (χ1) is 20.7. The van der Waals surface area contributed by atoms with Gasteiger partial charge in [0.25, 0.3) is 5.91 Å². The predicted molar refractivity (Wildman–Crippen MR) is 178 cm³/mol. The maximum atomic E-state index is 13.3. The topological polar surface area (TPSA) is 83.1 Å². The Morgan fingerprint density at radius 1 is 0.721 bits per heavy atom. The molecule has 1 amide bonds. The lowest BCUT2D eigenvalue weighted by molar-refractivity contribution is -0.923. The number of halogens is 1. The molecule has 1 N–H and O–H groups in total. The minimum Gasteiger partial charge on any atom is -0.486 e. The van der Waals surface area contributed by atoms with Crippen LogP contribution in [0.2, 0.25) is 0 Å². The molecule has 0 saturated carbocycles. The molecule has 0 bridgehead atoms. The zero-order chi connectivity index (χ0) is 32.1. The molecule has 1 aromatic rings. The average molecular weight is 675 g/mol. The number of carbonyl (C=O) groups is 2. The number of hydrogen-bond donors (Lipinski definition) is 1. The van der Waals surface area contributed by atoms with E-state index in [-0.39, 0.29) is 11.9 Å². The highest BCUT2D eigenvalue weighted by Gasteiger charge is 2.25. The fraction of sp³-hybridized carbons (Fsp3) is 0.758. The summed E-state index contributed by atoms with van der Waals surface area (Å²) in [6.07, 6.45) is 2.76. The fourth-order valence-electron chi connectivity index (χ4n) is 5.30. The van der Waals surface area contributed by atoms with E-state index in [4.69, 9.17) is 18.9 Å². The summed E-state index contributed by atoms with van der Waals surface area (Å²) in [5.41, 5.74) is 0.479. The van der Waals surface area contributed by atoms with Crippen molar-refractivity contribution in [3.05, 3.63) is 17.7 Å². The fourth-order valence-corrected chi connectivity index (χ4v) is 5.46. The van der Waals surface area contributed by atoms with Crippen molar-refractivity contribution in [1.82, 2.24) is 5.32 Å². The van der Waals surface area contributed by atoms with Gasteiger partial charge in [-0.05, 0) is 73.4 Å². The van der Waals surface area contributed by atoms with Gasteiger partial charge in [-0.1, -0.05) is 22.4 Å². The van der Waals surface area contributed by atoms with Crippen LogP contribution >= 0.6 is 15.9 Å². The first-order valence-electron chi connectivity index (χ1n) is 16.5. The highest BCUT2D eigenvalue weighted by atomic mass is 79.9. The number of hydrogen-bond acceptors (Lipinski definition) is 6. The lowest BCUT2D eigenvalue weighted by Crippen LogP contribution is -2.50. The number of unbranched alkanes of at least 4 members (excludes halogenated alkanes) is 2. The highest BCUT2D eigenvalue weighted by molar-refractivity contribution is 9.09. The van der Waals surface area contributed by atoms with Gasteiger partial charge < -0.3 is 33.2 Å². The number of rotatable bonds is 25. The van der Waals surface area contributed by atoms with E-state index < -0.39 is 0 Å². The SMILES string of the molecule is CCOC(=O)CCCCCNC(=O)c1cc(OCC[N+](CC)(CC)CC)c(OCCBr)c(OCC[N+](CC)(CC)CC)c1. The molecule has 0 spiro atoms. The van der Waals surface area contributed by atoms with Gasteiger partial charge in [0.2, 0.25) is 5.75 Å². The second-order valence-electron chi connectivity index (χ2n) is 10.9. The third-order valence-electron chi connectivity index (χ3n) is 8.93. The summed E-state index contributed by atoms with van der Waals surface area (Å²) in [5.74, 6) is 1.24. The first-order valence-corrected chi connectivity index (χ1v) is 17.6. The molecule has 1 aromatic carbocycles. The Morgan fingerprint density at radius 3 is 1.67 bits per heavy atom. The molecule has 0 radical (unpaired) electrons. The van der Waals surface area contributed by atoms with E-state index in [9.17, 15) is 9.59 Å². The number of ether oxygens (including phenoxy) is 4. The van der Waals surface area contributed by atoms with Gasteiger partial charge >= 0.3 is 5.97 Å². The molecular weight excluding hydrogens is 614 g/mol. The Kier molecular flexibility index (Phi) is 19.6. The van der Waals surface area contributed by atoms with E-state index in [0.717, 1.165) is 80.6 Å². The summed E-state index contributed by atoms with van der Waals surface area (Å²) in [5, 5.41) is 3.68. The molecule has 0 heterocycles. The quantitative estimate of drug-likeness (QED) is 0.0609. The van der Waals surface area contributed by atoms with Gasteiger partial charge in [0.15, 0.2) is 11.5 Å². The molecule has 10 heteroatoms. The third-order valence-corrected chi connectivity index (χ3v) is 9.25. The largest absolute Gasteiger partial charge is 0.486 e. The Labute approximate surface area is 269 Å². The minimum absolute atomic E-state index is 0.172. The molecule has 9 nitrogen and oxygen atoms in total. The molecular formula is C33H60BrN3O6+2. The van der Waals surface area contributed by atoms with Gasteiger partial charge in [-0.25, -0.2) is 0 Å². The van der Waals surface area contributed by atoms with Crippen molar-refractivity contribution < 1.29 is 37.5 Å². The summed E-state index contributed by atoms with van der Waals surface area (Å²) in [6, 6.07) is 3.55. The number of likely N-dealkylation sites (N-methyl/N-ethyl adjacent to an activating group) is 2. The van der Waals surface area contributed by atoms with Crippen molar-refractivity contribution in [3.8, 4) is 17.2 Å². The van der Waals surface area contributed by atoms with Crippen molar-refractivity contribution in [2.45, 2.75) is 74.1 Å². The highest BCUT2D eigenvalue weighted by Crippen LogP contribution is 2.39. The van der Waals surface area contributed by atoms with Crippen molar-refractivity contribution in [2.24, 2.45) is 0 Å². The lowest BCUT2D eigenvalue weighted by atomic mass is 10.1. The average Bonchev–Trinajstić information content (AvgIpc) is 3.03. The van der Waals surface area contributed by atoms with Gasteiger partial charge in [-0.15, -0.1) is 0 Å². The summed E-state index contributed by atoms with van der Waals surface area (Å²) in [4.78, 5) is 24.9. The smallest absolute Gasteiger partial charge is 0.305 e. The number of alkyl halides is 1. The maximum Gasteiger partial charge on any atom is 0.305 e. The van der Waals surface area contributed by atoms with Crippen LogP contribution in [0.15, 0.2) is 12.1 Å². The van der Waals surface area contributed by atoms with E-state index in [0.29, 0.717) is 67.5 Å². The number of amides is 1. The molecule has 43 heavy (non-hydrogen) atoms. The van der Waals surface area contributed by atoms with Crippen LogP contribution in [0.3, 0.4) is 0 Å². The van der Waals surface area contributed by atoms with E-state index in [1.54, 1.807) is 12.1 Å². The molecule has 0 atom stereocenters. The monoisotopic (exact) mass is 673 g/mol. The number of carbonyl (C=O) groups excluding carboxylic acids is 2. The second-order valence-corrected chi connectivity index (χ2v) is 11.7. The van der Waals surface area contributed by atoms with Crippen LogP contribution in [-0.2, 0) is 9.53 Å². The molecule has 0 aliphatic rings. The molecule has 0 unspecified atom stereocenters. The minimum atomic E-state index is -0.186. The standard InChI is InChI=1S/C33H59BrN3O6/c1-8-36(9-2,10-3)21-24-41-29-26-28(33(39)35-20-17-15-16-18-31(38)40-14-7)27-30(32(29)43-23-19-34)42-25-22-37(11-4,12-5)13-6/h26-27H,8-25H2,1-7H3/q+1/p+1. The van der Waals surface area contributed by atoms with E-state index in [1.165, 1.54) is 0 Å². The zero-order valence-corrected chi connectivity index (χ0v) is 29.7. The maximum absolute atomic E-state index is 13.3. The van der Waals surface area contributed by atoms with Crippen LogP contribution in [0, 0.1) is 0 Å². The van der Waals surface area contributed by atoms with E-state index >= 15 is 0 Å².